The molecule has 0 aliphatic carbocycles. The molecule has 3 aliphatic rings. The Labute approximate surface area is 156 Å². The first-order valence-corrected chi connectivity index (χ1v) is 8.80. The van der Waals surface area contributed by atoms with Crippen LogP contribution >= 0.6 is 0 Å². The summed E-state index contributed by atoms with van der Waals surface area (Å²) in [6, 6.07) is 6.31. The van der Waals surface area contributed by atoms with E-state index >= 15 is 0 Å². The van der Waals surface area contributed by atoms with E-state index in [0.29, 0.717) is 31.1 Å². The van der Waals surface area contributed by atoms with Crippen LogP contribution in [0.25, 0.3) is 5.65 Å². The van der Waals surface area contributed by atoms with Crippen molar-refractivity contribution in [2.24, 2.45) is 0 Å². The lowest BCUT2D eigenvalue weighted by Gasteiger charge is -2.56. The van der Waals surface area contributed by atoms with Crippen LogP contribution in [0.5, 0.6) is 0 Å². The van der Waals surface area contributed by atoms with Crippen LogP contribution in [-0.4, -0.2) is 54.9 Å². The van der Waals surface area contributed by atoms with E-state index in [4.69, 9.17) is 0 Å². The van der Waals surface area contributed by atoms with E-state index in [0.717, 1.165) is 10.9 Å². The summed E-state index contributed by atoms with van der Waals surface area (Å²) in [6.45, 7) is 1.74. The Morgan fingerprint density at radius 3 is 2.57 bits per heavy atom. The van der Waals surface area contributed by atoms with Gasteiger partial charge in [0.1, 0.15) is 11.6 Å². The maximum Gasteiger partial charge on any atom is 0.453 e. The highest BCUT2D eigenvalue weighted by Crippen LogP contribution is 2.37. The summed E-state index contributed by atoms with van der Waals surface area (Å²) < 4.78 is 53.8. The molecule has 0 N–H and O–H groups in total. The minimum Gasteiger partial charge on any atom is -0.346 e. The summed E-state index contributed by atoms with van der Waals surface area (Å²) in [5, 5.41) is 10.9. The fourth-order valence-corrected chi connectivity index (χ4v) is 4.04. The standard InChI is InChI=1S/C17H15F4N7/c18-12-2-1-5-22-13(12)9-26-7-10-6-11(8-26)27(10)15-4-3-14-23-24-16(17(19,20)21)28(14)25-15/h1-5,10-11H,6-9H2. The van der Waals surface area contributed by atoms with Gasteiger partial charge in [-0.1, -0.05) is 0 Å². The monoisotopic (exact) mass is 393 g/mol. The molecule has 7 nitrogen and oxygen atoms in total. The number of nitrogens with zero attached hydrogens (tertiary/aromatic N) is 7. The molecule has 11 heteroatoms. The zero-order chi connectivity index (χ0) is 19.5. The van der Waals surface area contributed by atoms with E-state index in [-0.39, 0.29) is 23.5 Å². The van der Waals surface area contributed by atoms with Crippen molar-refractivity contribution >= 4 is 11.5 Å². The number of alkyl halides is 3. The molecule has 146 valence electrons. The zero-order valence-corrected chi connectivity index (χ0v) is 14.5. The zero-order valence-electron chi connectivity index (χ0n) is 14.5. The Balaban J connectivity index is 1.36. The number of pyridine rings is 1. The molecule has 3 aromatic rings. The van der Waals surface area contributed by atoms with E-state index in [9.17, 15) is 17.6 Å². The van der Waals surface area contributed by atoms with Crippen LogP contribution in [0.15, 0.2) is 30.5 Å². The van der Waals surface area contributed by atoms with Gasteiger partial charge in [0.15, 0.2) is 5.65 Å². The molecule has 6 heterocycles. The Hall–Kier alpha value is -2.82. The number of piperazine rings is 1. The molecule has 0 spiro atoms. The van der Waals surface area contributed by atoms with E-state index in [1.807, 2.05) is 4.90 Å². The number of aromatic nitrogens is 5. The molecule has 6 rings (SSSR count). The van der Waals surface area contributed by atoms with Gasteiger partial charge in [-0.05, 0) is 30.7 Å². The Morgan fingerprint density at radius 2 is 1.86 bits per heavy atom. The van der Waals surface area contributed by atoms with Crippen LogP contribution < -0.4 is 4.90 Å². The maximum absolute atomic E-state index is 13.8. The predicted molar refractivity (Wildman–Crippen MR) is 89.9 cm³/mol. The molecule has 3 aromatic heterocycles. The molecule has 2 atom stereocenters. The average Bonchev–Trinajstić information content (AvgIpc) is 3.07. The molecule has 0 amide bonds. The van der Waals surface area contributed by atoms with Crippen molar-refractivity contribution in [3.63, 3.8) is 0 Å². The largest absolute Gasteiger partial charge is 0.453 e. The molecule has 3 fully saturated rings. The van der Waals surface area contributed by atoms with Crippen LogP contribution in [0.2, 0.25) is 0 Å². The predicted octanol–water partition coefficient (Wildman–Crippen LogP) is 2.14. The third kappa shape index (κ3) is 2.77. The second kappa shape index (κ2) is 6.09. The first-order valence-electron chi connectivity index (χ1n) is 8.80. The van der Waals surface area contributed by atoms with Crippen LogP contribution in [0, 0.1) is 5.82 Å². The first kappa shape index (κ1) is 17.3. The van der Waals surface area contributed by atoms with E-state index < -0.39 is 12.0 Å². The molecule has 28 heavy (non-hydrogen) atoms. The van der Waals surface area contributed by atoms with E-state index in [1.54, 1.807) is 18.3 Å². The lowest BCUT2D eigenvalue weighted by molar-refractivity contribution is -0.146. The molecule has 3 aliphatic heterocycles. The van der Waals surface area contributed by atoms with Crippen LogP contribution in [0.1, 0.15) is 17.9 Å². The Morgan fingerprint density at radius 1 is 1.07 bits per heavy atom. The van der Waals surface area contributed by atoms with Crippen molar-refractivity contribution < 1.29 is 17.6 Å². The highest BCUT2D eigenvalue weighted by molar-refractivity contribution is 5.50. The van der Waals surface area contributed by atoms with Crippen molar-refractivity contribution in [2.45, 2.75) is 31.2 Å². The number of hydrogen-bond donors (Lipinski definition) is 0. The summed E-state index contributed by atoms with van der Waals surface area (Å²) >= 11 is 0. The molecule has 3 saturated heterocycles. The summed E-state index contributed by atoms with van der Waals surface area (Å²) in [7, 11) is 0. The van der Waals surface area contributed by atoms with Gasteiger partial charge in [0.2, 0.25) is 0 Å². The summed E-state index contributed by atoms with van der Waals surface area (Å²) in [6.07, 6.45) is -2.14. The van der Waals surface area contributed by atoms with E-state index in [1.165, 1.54) is 12.1 Å². The number of piperidine rings is 1. The van der Waals surface area contributed by atoms with Gasteiger partial charge in [-0.15, -0.1) is 15.3 Å². The molecular formula is C17H15F4N7. The number of anilines is 1. The summed E-state index contributed by atoms with van der Waals surface area (Å²) in [4.78, 5) is 8.21. The molecule has 2 bridgehead atoms. The quantitative estimate of drug-likeness (QED) is 0.636. The Kier molecular flexibility index (Phi) is 3.76. The fraction of sp³-hybridized carbons (Fsp3) is 0.412. The highest BCUT2D eigenvalue weighted by Gasteiger charge is 2.46. The van der Waals surface area contributed by atoms with Gasteiger partial charge >= 0.3 is 6.18 Å². The molecule has 0 radical (unpaired) electrons. The topological polar surface area (TPSA) is 62.5 Å². The van der Waals surface area contributed by atoms with Crippen LogP contribution in [0.4, 0.5) is 23.4 Å². The molecule has 0 aromatic carbocycles. The van der Waals surface area contributed by atoms with Gasteiger partial charge in [0.05, 0.1) is 5.69 Å². The van der Waals surface area contributed by atoms with Gasteiger partial charge in [-0.25, -0.2) is 4.39 Å². The summed E-state index contributed by atoms with van der Waals surface area (Å²) in [5.74, 6) is -1.01. The summed E-state index contributed by atoms with van der Waals surface area (Å²) in [5.41, 5.74) is 0.447. The van der Waals surface area contributed by atoms with Crippen molar-refractivity contribution in [1.29, 1.82) is 0 Å². The van der Waals surface area contributed by atoms with E-state index in [2.05, 4.69) is 25.2 Å². The molecule has 2 unspecified atom stereocenters. The van der Waals surface area contributed by atoms with Crippen molar-refractivity contribution in [3.05, 3.63) is 47.8 Å². The molecular weight excluding hydrogens is 378 g/mol. The SMILES string of the molecule is Fc1cccnc1CN1CC2CC(C1)N2c1ccc2nnc(C(F)(F)F)n2n1. The number of halogens is 4. The maximum atomic E-state index is 13.8. The van der Waals surface area contributed by atoms with Crippen molar-refractivity contribution in [1.82, 2.24) is 29.7 Å². The lowest BCUT2D eigenvalue weighted by Crippen LogP contribution is -2.69. The van der Waals surface area contributed by atoms with Gasteiger partial charge in [0, 0.05) is 37.9 Å². The van der Waals surface area contributed by atoms with Crippen LogP contribution in [0.3, 0.4) is 0 Å². The van der Waals surface area contributed by atoms with Gasteiger partial charge in [0.25, 0.3) is 5.82 Å². The number of hydrogen-bond acceptors (Lipinski definition) is 6. The fourth-order valence-electron chi connectivity index (χ4n) is 4.04. The van der Waals surface area contributed by atoms with Gasteiger partial charge in [-0.3, -0.25) is 9.88 Å². The third-order valence-electron chi connectivity index (χ3n) is 5.24. The van der Waals surface area contributed by atoms with Crippen LogP contribution in [-0.2, 0) is 12.7 Å². The van der Waals surface area contributed by atoms with Crippen molar-refractivity contribution in [3.8, 4) is 0 Å². The second-order valence-corrected chi connectivity index (χ2v) is 7.06. The van der Waals surface area contributed by atoms with Crippen molar-refractivity contribution in [2.75, 3.05) is 18.0 Å². The average molecular weight is 393 g/mol. The normalized spacial score (nSPS) is 22.5. The Bertz CT molecular complexity index is 1020. The highest BCUT2D eigenvalue weighted by atomic mass is 19.4. The number of fused-ring (bicyclic) bond motifs is 3. The third-order valence-corrected chi connectivity index (χ3v) is 5.24. The number of rotatable bonds is 3. The van der Waals surface area contributed by atoms with Gasteiger partial charge < -0.3 is 4.90 Å². The van der Waals surface area contributed by atoms with Gasteiger partial charge in [-0.2, -0.15) is 17.7 Å². The minimum absolute atomic E-state index is 0.0500. The second-order valence-electron chi connectivity index (χ2n) is 7.06. The smallest absolute Gasteiger partial charge is 0.346 e. The molecule has 0 saturated carbocycles. The first-order chi connectivity index (χ1) is 13.4. The lowest BCUT2D eigenvalue weighted by atomic mass is 9.87. The minimum atomic E-state index is -4.63.